The molecule has 1 aromatic carbocycles. The Morgan fingerprint density at radius 3 is 2.84 bits per heavy atom. The molecule has 2 N–H and O–H groups in total. The minimum atomic E-state index is -0.227. The van der Waals surface area contributed by atoms with E-state index in [1.165, 1.54) is 6.07 Å². The number of piperazine rings is 1. The van der Waals surface area contributed by atoms with E-state index in [-0.39, 0.29) is 23.8 Å². The molecular formula is C19H29FN4O. The molecule has 25 heavy (non-hydrogen) atoms. The number of rotatable bonds is 5. The number of likely N-dealkylation sites (tertiary alicyclic amines) is 1. The number of nitrogens with zero attached hydrogens (tertiary/aromatic N) is 2. The van der Waals surface area contributed by atoms with E-state index in [1.54, 1.807) is 12.1 Å². The summed E-state index contributed by atoms with van der Waals surface area (Å²) in [4.78, 5) is 17.1. The van der Waals surface area contributed by atoms with Crippen LogP contribution >= 0.6 is 0 Å². The van der Waals surface area contributed by atoms with Gasteiger partial charge in [-0.25, -0.2) is 4.39 Å². The summed E-state index contributed by atoms with van der Waals surface area (Å²) >= 11 is 0. The smallest absolute Gasteiger partial charge is 0.234 e. The number of nitrogens with one attached hydrogen (secondary N) is 2. The zero-order valence-corrected chi connectivity index (χ0v) is 15.0. The zero-order valence-electron chi connectivity index (χ0n) is 15.0. The third kappa shape index (κ3) is 5.00. The van der Waals surface area contributed by atoms with Crippen molar-refractivity contribution in [1.82, 2.24) is 20.4 Å². The molecule has 2 saturated heterocycles. The number of piperidine rings is 1. The van der Waals surface area contributed by atoms with E-state index in [2.05, 4.69) is 27.4 Å². The van der Waals surface area contributed by atoms with Crippen molar-refractivity contribution in [3.05, 3.63) is 35.6 Å². The normalized spacial score (nSPS) is 23.5. The number of hydrogen-bond donors (Lipinski definition) is 2. The van der Waals surface area contributed by atoms with Crippen LogP contribution in [0.5, 0.6) is 0 Å². The van der Waals surface area contributed by atoms with Crippen molar-refractivity contribution in [2.24, 2.45) is 0 Å². The highest BCUT2D eigenvalue weighted by Crippen LogP contribution is 2.22. The summed E-state index contributed by atoms with van der Waals surface area (Å²) < 4.78 is 13.6. The minimum absolute atomic E-state index is 0.0390. The summed E-state index contributed by atoms with van der Waals surface area (Å²) in [7, 11) is 0. The summed E-state index contributed by atoms with van der Waals surface area (Å²) in [5.41, 5.74) is 0.927. The Kier molecular flexibility index (Phi) is 6.39. The maximum absolute atomic E-state index is 13.6. The average Bonchev–Trinajstić information content (AvgIpc) is 2.63. The summed E-state index contributed by atoms with van der Waals surface area (Å²) in [5.74, 6) is -0.145. The first-order valence-electron chi connectivity index (χ1n) is 9.37. The molecule has 6 heteroatoms. The Hall–Kier alpha value is -1.50. The summed E-state index contributed by atoms with van der Waals surface area (Å²) in [6.45, 7) is 8.13. The fourth-order valence-corrected chi connectivity index (χ4v) is 3.83. The molecule has 2 fully saturated rings. The molecule has 0 spiro atoms. The van der Waals surface area contributed by atoms with Crippen molar-refractivity contribution in [2.75, 3.05) is 45.8 Å². The maximum atomic E-state index is 13.6. The van der Waals surface area contributed by atoms with E-state index in [1.807, 2.05) is 6.07 Å². The van der Waals surface area contributed by atoms with Gasteiger partial charge in [0.1, 0.15) is 5.82 Å². The van der Waals surface area contributed by atoms with Crippen LogP contribution in [-0.2, 0) is 4.79 Å². The van der Waals surface area contributed by atoms with Crippen LogP contribution in [0.1, 0.15) is 31.4 Å². The second-order valence-electron chi connectivity index (χ2n) is 7.02. The Bertz CT molecular complexity index is 574. The highest BCUT2D eigenvalue weighted by atomic mass is 19.1. The van der Waals surface area contributed by atoms with Gasteiger partial charge in [0, 0.05) is 44.8 Å². The monoisotopic (exact) mass is 348 g/mol. The number of carbonyl (C=O) groups is 1. The third-order valence-electron chi connectivity index (χ3n) is 5.33. The summed E-state index contributed by atoms with van der Waals surface area (Å²) in [6.07, 6.45) is 2.04. The van der Waals surface area contributed by atoms with E-state index in [4.69, 9.17) is 0 Å². The molecular weight excluding hydrogens is 319 g/mol. The lowest BCUT2D eigenvalue weighted by atomic mass is 10.0. The minimum Gasteiger partial charge on any atom is -0.352 e. The highest BCUT2D eigenvalue weighted by Gasteiger charge is 2.27. The van der Waals surface area contributed by atoms with Crippen molar-refractivity contribution in [2.45, 2.75) is 31.8 Å². The molecule has 0 saturated carbocycles. The van der Waals surface area contributed by atoms with Gasteiger partial charge in [0.05, 0.1) is 6.54 Å². The third-order valence-corrected chi connectivity index (χ3v) is 5.33. The first kappa shape index (κ1) is 18.3. The van der Waals surface area contributed by atoms with Crippen LogP contribution in [0, 0.1) is 5.82 Å². The molecule has 0 aliphatic carbocycles. The molecule has 1 atom stereocenters. The number of benzene rings is 1. The standard InChI is InChI=1S/C19H29FN4O/c1-2-23-9-6-17(7-10-23)22-19(25)14-24-11-8-21-13-18(24)15-4-3-5-16(20)12-15/h3-5,12,17-18,21H,2,6-11,13-14H2,1H3,(H,22,25). The molecule has 138 valence electrons. The van der Waals surface area contributed by atoms with Crippen molar-refractivity contribution in [3.63, 3.8) is 0 Å². The molecule has 2 aliphatic heterocycles. The fraction of sp³-hybridized carbons (Fsp3) is 0.632. The first-order valence-corrected chi connectivity index (χ1v) is 9.37. The van der Waals surface area contributed by atoms with E-state index in [0.717, 1.165) is 57.7 Å². The largest absolute Gasteiger partial charge is 0.352 e. The average molecular weight is 348 g/mol. The van der Waals surface area contributed by atoms with Crippen LogP contribution in [0.2, 0.25) is 0 Å². The van der Waals surface area contributed by atoms with Gasteiger partial charge in [-0.05, 0) is 37.1 Å². The number of amides is 1. The first-order chi connectivity index (χ1) is 12.2. The van der Waals surface area contributed by atoms with Crippen molar-refractivity contribution >= 4 is 5.91 Å². The summed E-state index contributed by atoms with van der Waals surface area (Å²) in [6, 6.07) is 7.02. The Labute approximate surface area is 149 Å². The lowest BCUT2D eigenvalue weighted by molar-refractivity contribution is -0.124. The van der Waals surface area contributed by atoms with E-state index < -0.39 is 0 Å². The van der Waals surface area contributed by atoms with Gasteiger partial charge in [0.2, 0.25) is 5.91 Å². The molecule has 5 nitrogen and oxygen atoms in total. The van der Waals surface area contributed by atoms with Gasteiger partial charge in [-0.3, -0.25) is 9.69 Å². The summed E-state index contributed by atoms with van der Waals surface area (Å²) in [5, 5.41) is 6.54. The highest BCUT2D eigenvalue weighted by molar-refractivity contribution is 5.78. The van der Waals surface area contributed by atoms with Gasteiger partial charge in [-0.2, -0.15) is 0 Å². The zero-order chi connectivity index (χ0) is 17.6. The van der Waals surface area contributed by atoms with Crippen LogP contribution in [0.4, 0.5) is 4.39 Å². The van der Waals surface area contributed by atoms with Gasteiger partial charge in [0.15, 0.2) is 0 Å². The van der Waals surface area contributed by atoms with Crippen LogP contribution < -0.4 is 10.6 Å². The quantitative estimate of drug-likeness (QED) is 0.844. The van der Waals surface area contributed by atoms with Gasteiger partial charge in [-0.15, -0.1) is 0 Å². The van der Waals surface area contributed by atoms with Crippen LogP contribution in [-0.4, -0.2) is 67.6 Å². The Morgan fingerprint density at radius 1 is 1.32 bits per heavy atom. The lowest BCUT2D eigenvalue weighted by Gasteiger charge is -2.37. The van der Waals surface area contributed by atoms with Gasteiger partial charge in [0.25, 0.3) is 0 Å². The SMILES string of the molecule is CCN1CCC(NC(=O)CN2CCNCC2c2cccc(F)c2)CC1. The molecule has 0 aromatic heterocycles. The lowest BCUT2D eigenvalue weighted by Crippen LogP contribution is -2.52. The van der Waals surface area contributed by atoms with Crippen LogP contribution in [0.25, 0.3) is 0 Å². The second-order valence-corrected chi connectivity index (χ2v) is 7.02. The molecule has 0 bridgehead atoms. The molecule has 0 radical (unpaired) electrons. The second kappa shape index (κ2) is 8.74. The fourth-order valence-electron chi connectivity index (χ4n) is 3.83. The maximum Gasteiger partial charge on any atom is 0.234 e. The van der Waals surface area contributed by atoms with Crippen molar-refractivity contribution in [3.8, 4) is 0 Å². The number of hydrogen-bond acceptors (Lipinski definition) is 4. The van der Waals surface area contributed by atoms with Crippen LogP contribution in [0.3, 0.4) is 0 Å². The number of halogens is 1. The Morgan fingerprint density at radius 2 is 2.12 bits per heavy atom. The van der Waals surface area contributed by atoms with Crippen molar-refractivity contribution in [1.29, 1.82) is 0 Å². The topological polar surface area (TPSA) is 47.6 Å². The predicted molar refractivity (Wildman–Crippen MR) is 96.9 cm³/mol. The molecule has 1 unspecified atom stereocenters. The van der Waals surface area contributed by atoms with Gasteiger partial charge < -0.3 is 15.5 Å². The van der Waals surface area contributed by atoms with Gasteiger partial charge >= 0.3 is 0 Å². The van der Waals surface area contributed by atoms with E-state index in [9.17, 15) is 9.18 Å². The predicted octanol–water partition coefficient (Wildman–Crippen LogP) is 1.37. The molecule has 1 aromatic rings. The molecule has 1 amide bonds. The molecule has 2 heterocycles. The van der Waals surface area contributed by atoms with Gasteiger partial charge in [-0.1, -0.05) is 19.1 Å². The van der Waals surface area contributed by atoms with Crippen LogP contribution in [0.15, 0.2) is 24.3 Å². The molecule has 3 rings (SSSR count). The Balaban J connectivity index is 1.55. The number of carbonyl (C=O) groups excluding carboxylic acids is 1. The van der Waals surface area contributed by atoms with E-state index >= 15 is 0 Å². The van der Waals surface area contributed by atoms with E-state index in [0.29, 0.717) is 6.54 Å². The van der Waals surface area contributed by atoms with Crippen molar-refractivity contribution < 1.29 is 9.18 Å². The molecule has 2 aliphatic rings.